The summed E-state index contributed by atoms with van der Waals surface area (Å²) in [5.74, 6) is 1.45. The van der Waals surface area contributed by atoms with Gasteiger partial charge in [-0.25, -0.2) is 0 Å². The van der Waals surface area contributed by atoms with Crippen LogP contribution >= 0.6 is 12.6 Å². The van der Waals surface area contributed by atoms with Crippen LogP contribution in [0.5, 0.6) is 0 Å². The third-order valence-corrected chi connectivity index (χ3v) is 4.26. The molecule has 1 saturated carbocycles. The number of carbonyl (C=O) groups is 2. The minimum Gasteiger partial charge on any atom is -0.282 e. The van der Waals surface area contributed by atoms with E-state index in [9.17, 15) is 9.59 Å². The third kappa shape index (κ3) is 1.88. The SMILES string of the molecule is CCC1CC2C(=O)N(CCCS)C(=O)C2C1. The number of imide groups is 1. The maximum Gasteiger partial charge on any atom is 0.233 e. The van der Waals surface area contributed by atoms with Gasteiger partial charge in [-0.1, -0.05) is 13.3 Å². The van der Waals surface area contributed by atoms with Crippen LogP contribution in [-0.4, -0.2) is 29.0 Å². The highest BCUT2D eigenvalue weighted by molar-refractivity contribution is 7.80. The number of nitrogens with zero attached hydrogens (tertiary/aromatic N) is 1. The predicted octanol–water partition coefficient (Wildman–Crippen LogP) is 1.73. The van der Waals surface area contributed by atoms with Crippen LogP contribution in [0.1, 0.15) is 32.6 Å². The van der Waals surface area contributed by atoms with Gasteiger partial charge in [0.2, 0.25) is 11.8 Å². The van der Waals surface area contributed by atoms with Crippen molar-refractivity contribution in [1.29, 1.82) is 0 Å². The molecule has 1 heterocycles. The molecule has 0 aromatic carbocycles. The fourth-order valence-electron chi connectivity index (χ4n) is 2.98. The average molecular weight is 241 g/mol. The van der Waals surface area contributed by atoms with Crippen LogP contribution in [0.2, 0.25) is 0 Å². The van der Waals surface area contributed by atoms with E-state index in [4.69, 9.17) is 0 Å². The first-order valence-corrected chi connectivity index (χ1v) is 6.78. The Morgan fingerprint density at radius 2 is 1.81 bits per heavy atom. The molecule has 4 heteroatoms. The molecular weight excluding hydrogens is 222 g/mol. The molecule has 1 saturated heterocycles. The van der Waals surface area contributed by atoms with Crippen LogP contribution in [0, 0.1) is 17.8 Å². The molecule has 0 aromatic heterocycles. The highest BCUT2D eigenvalue weighted by Gasteiger charge is 2.51. The highest BCUT2D eigenvalue weighted by Crippen LogP contribution is 2.44. The van der Waals surface area contributed by atoms with Gasteiger partial charge in [0.05, 0.1) is 11.8 Å². The van der Waals surface area contributed by atoms with Gasteiger partial charge in [0.15, 0.2) is 0 Å². The monoisotopic (exact) mass is 241 g/mol. The topological polar surface area (TPSA) is 37.4 Å². The van der Waals surface area contributed by atoms with Crippen molar-refractivity contribution in [2.24, 2.45) is 17.8 Å². The molecule has 3 nitrogen and oxygen atoms in total. The first-order chi connectivity index (χ1) is 7.69. The van der Waals surface area contributed by atoms with Gasteiger partial charge in [-0.2, -0.15) is 12.6 Å². The quantitative estimate of drug-likeness (QED) is 0.601. The summed E-state index contributed by atoms with van der Waals surface area (Å²) in [5, 5.41) is 0. The lowest BCUT2D eigenvalue weighted by molar-refractivity contribution is -0.140. The van der Waals surface area contributed by atoms with Crippen LogP contribution in [0.4, 0.5) is 0 Å². The first kappa shape index (κ1) is 12.0. The van der Waals surface area contributed by atoms with Crippen LogP contribution in [0.3, 0.4) is 0 Å². The minimum atomic E-state index is -0.00244. The molecule has 0 bridgehead atoms. The van der Waals surface area contributed by atoms with Crippen molar-refractivity contribution in [3.05, 3.63) is 0 Å². The van der Waals surface area contributed by atoms with Gasteiger partial charge >= 0.3 is 0 Å². The van der Waals surface area contributed by atoms with E-state index in [1.165, 1.54) is 4.90 Å². The van der Waals surface area contributed by atoms with Crippen molar-refractivity contribution in [1.82, 2.24) is 4.90 Å². The number of thiol groups is 1. The molecule has 2 unspecified atom stereocenters. The second kappa shape index (κ2) is 4.78. The lowest BCUT2D eigenvalue weighted by Gasteiger charge is -2.16. The summed E-state index contributed by atoms with van der Waals surface area (Å²) in [6.45, 7) is 2.70. The maximum absolute atomic E-state index is 12.0. The Hall–Kier alpha value is -0.510. The highest BCUT2D eigenvalue weighted by atomic mass is 32.1. The number of rotatable bonds is 4. The first-order valence-electron chi connectivity index (χ1n) is 6.15. The van der Waals surface area contributed by atoms with Gasteiger partial charge in [-0.05, 0) is 30.9 Å². The predicted molar refractivity (Wildman–Crippen MR) is 65.2 cm³/mol. The normalized spacial score (nSPS) is 33.6. The molecular formula is C12H19NO2S. The second-order valence-corrected chi connectivity index (χ2v) is 5.31. The van der Waals surface area contributed by atoms with E-state index in [2.05, 4.69) is 19.6 Å². The number of carbonyl (C=O) groups excluding carboxylic acids is 2. The van der Waals surface area contributed by atoms with E-state index in [-0.39, 0.29) is 23.7 Å². The van der Waals surface area contributed by atoms with Crippen molar-refractivity contribution in [2.75, 3.05) is 12.3 Å². The van der Waals surface area contributed by atoms with Crippen LogP contribution in [-0.2, 0) is 9.59 Å². The van der Waals surface area contributed by atoms with Gasteiger partial charge in [0.25, 0.3) is 0 Å². The lowest BCUT2D eigenvalue weighted by atomic mass is 10.00. The molecule has 0 N–H and O–H groups in total. The van der Waals surface area contributed by atoms with Crippen molar-refractivity contribution >= 4 is 24.4 Å². The Kier molecular flexibility index (Phi) is 3.57. The number of hydrogen-bond acceptors (Lipinski definition) is 3. The Morgan fingerprint density at radius 1 is 1.25 bits per heavy atom. The number of amides is 2. The molecule has 90 valence electrons. The summed E-state index contributed by atoms with van der Waals surface area (Å²) in [4.78, 5) is 25.6. The lowest BCUT2D eigenvalue weighted by Crippen LogP contribution is -2.33. The molecule has 2 amide bonds. The molecule has 2 atom stereocenters. The summed E-state index contributed by atoms with van der Waals surface area (Å²) in [5.41, 5.74) is 0. The molecule has 2 aliphatic rings. The molecule has 1 aliphatic carbocycles. The fourth-order valence-corrected chi connectivity index (χ4v) is 3.12. The van der Waals surface area contributed by atoms with E-state index in [1.807, 2.05) is 0 Å². The van der Waals surface area contributed by atoms with E-state index < -0.39 is 0 Å². The van der Waals surface area contributed by atoms with Gasteiger partial charge in [-0.15, -0.1) is 0 Å². The number of hydrogen-bond donors (Lipinski definition) is 1. The van der Waals surface area contributed by atoms with E-state index >= 15 is 0 Å². The second-order valence-electron chi connectivity index (χ2n) is 4.86. The van der Waals surface area contributed by atoms with Crippen molar-refractivity contribution in [3.63, 3.8) is 0 Å². The van der Waals surface area contributed by atoms with Gasteiger partial charge in [0.1, 0.15) is 0 Å². The van der Waals surface area contributed by atoms with Gasteiger partial charge < -0.3 is 0 Å². The Morgan fingerprint density at radius 3 is 2.25 bits per heavy atom. The molecule has 0 radical (unpaired) electrons. The van der Waals surface area contributed by atoms with Crippen molar-refractivity contribution in [3.8, 4) is 0 Å². The Labute approximate surface area is 102 Å². The van der Waals surface area contributed by atoms with Crippen molar-refractivity contribution < 1.29 is 9.59 Å². The zero-order valence-electron chi connectivity index (χ0n) is 9.69. The van der Waals surface area contributed by atoms with Crippen LogP contribution < -0.4 is 0 Å². The summed E-state index contributed by atoms with van der Waals surface area (Å²) in [7, 11) is 0. The zero-order chi connectivity index (χ0) is 11.7. The van der Waals surface area contributed by atoms with Crippen LogP contribution in [0.15, 0.2) is 0 Å². The average Bonchev–Trinajstić information content (AvgIpc) is 2.80. The number of likely N-dealkylation sites (tertiary alicyclic amines) is 1. The van der Waals surface area contributed by atoms with Crippen molar-refractivity contribution in [2.45, 2.75) is 32.6 Å². The molecule has 0 spiro atoms. The Bertz CT molecular complexity index is 281. The molecule has 0 aromatic rings. The van der Waals surface area contributed by atoms with Gasteiger partial charge in [-0.3, -0.25) is 14.5 Å². The minimum absolute atomic E-state index is 0.00244. The summed E-state index contributed by atoms with van der Waals surface area (Å²) >= 11 is 4.11. The van der Waals surface area contributed by atoms with E-state index in [0.717, 1.165) is 31.4 Å². The molecule has 1 aliphatic heterocycles. The summed E-state index contributed by atoms with van der Waals surface area (Å²) in [6, 6.07) is 0. The summed E-state index contributed by atoms with van der Waals surface area (Å²) in [6.07, 6.45) is 3.73. The molecule has 2 rings (SSSR count). The van der Waals surface area contributed by atoms with E-state index in [1.54, 1.807) is 0 Å². The summed E-state index contributed by atoms with van der Waals surface area (Å²) < 4.78 is 0. The third-order valence-electron chi connectivity index (χ3n) is 3.94. The Balaban J connectivity index is 2.04. The molecule has 16 heavy (non-hydrogen) atoms. The standard InChI is InChI=1S/C12H19NO2S/c1-2-8-6-9-10(7-8)12(15)13(11(9)14)4-3-5-16/h8-10,16H,2-7H2,1H3. The number of fused-ring (bicyclic) bond motifs is 1. The van der Waals surface area contributed by atoms with E-state index in [0.29, 0.717) is 12.5 Å². The largest absolute Gasteiger partial charge is 0.282 e. The maximum atomic E-state index is 12.0. The van der Waals surface area contributed by atoms with Gasteiger partial charge in [0, 0.05) is 6.54 Å². The molecule has 2 fully saturated rings. The fraction of sp³-hybridized carbons (Fsp3) is 0.833. The smallest absolute Gasteiger partial charge is 0.233 e. The zero-order valence-corrected chi connectivity index (χ0v) is 10.6. The van der Waals surface area contributed by atoms with Crippen LogP contribution in [0.25, 0.3) is 0 Å².